The molecule has 0 aliphatic rings. The predicted molar refractivity (Wildman–Crippen MR) is 61.5 cm³/mol. The number of sulfonamides is 1. The summed E-state index contributed by atoms with van der Waals surface area (Å²) < 4.78 is 24.5. The Morgan fingerprint density at radius 1 is 1.44 bits per heavy atom. The van der Waals surface area contributed by atoms with Crippen LogP contribution in [0.5, 0.6) is 0 Å². The van der Waals surface area contributed by atoms with Gasteiger partial charge in [0.15, 0.2) is 0 Å². The number of aromatic amines is 1. The molecule has 0 saturated heterocycles. The average Bonchev–Trinajstić information content (AvgIpc) is 2.57. The highest BCUT2D eigenvalue weighted by molar-refractivity contribution is 7.92. The van der Waals surface area contributed by atoms with Crippen LogP contribution in [0.4, 0.5) is 5.69 Å². The molecule has 1 aromatic carbocycles. The first-order valence-corrected chi connectivity index (χ1v) is 6.38. The van der Waals surface area contributed by atoms with E-state index < -0.39 is 10.0 Å². The van der Waals surface area contributed by atoms with Gasteiger partial charge in [-0.2, -0.15) is 5.26 Å². The molecule has 2 N–H and O–H groups in total. The number of nitrogens with one attached hydrogen (secondary N) is 2. The second-order valence-electron chi connectivity index (χ2n) is 3.45. The first-order valence-electron chi connectivity index (χ1n) is 4.48. The van der Waals surface area contributed by atoms with Gasteiger partial charge in [0.2, 0.25) is 10.0 Å². The summed E-state index contributed by atoms with van der Waals surface area (Å²) in [5.41, 5.74) is 1.74. The van der Waals surface area contributed by atoms with Gasteiger partial charge < -0.3 is 4.98 Å². The number of fused-ring (bicyclic) bond motifs is 1. The molecule has 6 heteroatoms. The number of nitriles is 1. The number of hydrogen-bond acceptors (Lipinski definition) is 3. The average molecular weight is 235 g/mol. The highest BCUT2D eigenvalue weighted by Crippen LogP contribution is 2.22. The molecule has 0 saturated carbocycles. The van der Waals surface area contributed by atoms with Gasteiger partial charge in [-0.25, -0.2) is 8.42 Å². The third kappa shape index (κ3) is 1.99. The molecule has 5 nitrogen and oxygen atoms in total. The first-order chi connectivity index (χ1) is 7.49. The Labute approximate surface area is 92.8 Å². The van der Waals surface area contributed by atoms with Gasteiger partial charge in [-0.3, -0.25) is 4.72 Å². The molecule has 82 valence electrons. The van der Waals surface area contributed by atoms with Crippen molar-refractivity contribution >= 4 is 26.6 Å². The van der Waals surface area contributed by atoms with Gasteiger partial charge in [-0.1, -0.05) is 0 Å². The highest BCUT2D eigenvalue weighted by atomic mass is 32.2. The lowest BCUT2D eigenvalue weighted by atomic mass is 10.2. The van der Waals surface area contributed by atoms with Crippen molar-refractivity contribution in [1.82, 2.24) is 4.98 Å². The Bertz CT molecular complexity index is 680. The van der Waals surface area contributed by atoms with Crippen molar-refractivity contribution < 1.29 is 8.42 Å². The van der Waals surface area contributed by atoms with E-state index in [0.717, 1.165) is 11.8 Å². The molecule has 16 heavy (non-hydrogen) atoms. The number of nitrogens with zero attached hydrogens (tertiary/aromatic N) is 1. The number of rotatable bonds is 2. The number of H-pyrrole nitrogens is 1. The highest BCUT2D eigenvalue weighted by Gasteiger charge is 2.06. The SMILES string of the molecule is CS(=O)(=O)Nc1ccc2[nH]cc(C#N)c2c1. The van der Waals surface area contributed by atoms with Gasteiger partial charge in [0, 0.05) is 22.8 Å². The zero-order valence-electron chi connectivity index (χ0n) is 8.48. The maximum Gasteiger partial charge on any atom is 0.229 e. The summed E-state index contributed by atoms with van der Waals surface area (Å²) in [6.07, 6.45) is 2.68. The van der Waals surface area contributed by atoms with Crippen LogP contribution >= 0.6 is 0 Å². The van der Waals surface area contributed by atoms with Crippen LogP contribution in [0.2, 0.25) is 0 Å². The van der Waals surface area contributed by atoms with Crippen LogP contribution in [0.3, 0.4) is 0 Å². The third-order valence-electron chi connectivity index (χ3n) is 2.11. The quantitative estimate of drug-likeness (QED) is 0.825. The van der Waals surface area contributed by atoms with E-state index in [9.17, 15) is 8.42 Å². The zero-order chi connectivity index (χ0) is 11.8. The second-order valence-corrected chi connectivity index (χ2v) is 5.20. The monoisotopic (exact) mass is 235 g/mol. The molecule has 0 amide bonds. The van der Waals surface area contributed by atoms with Gasteiger partial charge in [0.1, 0.15) is 6.07 Å². The summed E-state index contributed by atoms with van der Waals surface area (Å²) in [5, 5.41) is 9.54. The Kier molecular flexibility index (Phi) is 2.33. The molecule has 0 unspecified atom stereocenters. The predicted octanol–water partition coefficient (Wildman–Crippen LogP) is 1.41. The Morgan fingerprint density at radius 3 is 2.81 bits per heavy atom. The zero-order valence-corrected chi connectivity index (χ0v) is 9.30. The number of aromatic nitrogens is 1. The van der Waals surface area contributed by atoms with Crippen LogP contribution in [0, 0.1) is 11.3 Å². The van der Waals surface area contributed by atoms with Gasteiger partial charge in [0.25, 0.3) is 0 Å². The minimum absolute atomic E-state index is 0.450. The second kappa shape index (κ2) is 3.54. The maximum absolute atomic E-state index is 11.0. The van der Waals surface area contributed by atoms with Crippen LogP contribution in [0.15, 0.2) is 24.4 Å². The molecule has 1 heterocycles. The molecule has 0 aliphatic carbocycles. The Hall–Kier alpha value is -2.00. The normalized spacial score (nSPS) is 11.2. The fourth-order valence-electron chi connectivity index (χ4n) is 1.49. The van der Waals surface area contributed by atoms with E-state index in [1.165, 1.54) is 0 Å². The Morgan fingerprint density at radius 2 is 2.19 bits per heavy atom. The van der Waals surface area contributed by atoms with E-state index in [-0.39, 0.29) is 0 Å². The standard InChI is InChI=1S/C10H9N3O2S/c1-16(14,15)13-8-2-3-10-9(4-8)7(5-11)6-12-10/h2-4,6,12-13H,1H3. The molecule has 0 bridgehead atoms. The fourth-order valence-corrected chi connectivity index (χ4v) is 2.05. The Balaban J connectivity index is 2.55. The molecule has 0 radical (unpaired) electrons. The van der Waals surface area contributed by atoms with E-state index in [0.29, 0.717) is 16.6 Å². The summed E-state index contributed by atoms with van der Waals surface area (Å²) >= 11 is 0. The summed E-state index contributed by atoms with van der Waals surface area (Å²) in [6, 6.07) is 7.03. The third-order valence-corrected chi connectivity index (χ3v) is 2.71. The minimum atomic E-state index is -3.29. The van der Waals surface area contributed by atoms with Crippen LogP contribution in [-0.2, 0) is 10.0 Å². The maximum atomic E-state index is 11.0. The van der Waals surface area contributed by atoms with E-state index in [4.69, 9.17) is 5.26 Å². The van der Waals surface area contributed by atoms with Crippen molar-refractivity contribution in [2.24, 2.45) is 0 Å². The molecule has 1 aromatic heterocycles. The smallest absolute Gasteiger partial charge is 0.229 e. The van der Waals surface area contributed by atoms with Crippen molar-refractivity contribution in [3.8, 4) is 6.07 Å². The lowest BCUT2D eigenvalue weighted by Gasteiger charge is -2.03. The molecule has 0 aliphatic heterocycles. The molecule has 0 fully saturated rings. The van der Waals surface area contributed by atoms with Crippen LogP contribution in [-0.4, -0.2) is 19.7 Å². The van der Waals surface area contributed by atoms with Crippen LogP contribution in [0.25, 0.3) is 10.9 Å². The molecular formula is C10H9N3O2S. The number of hydrogen-bond donors (Lipinski definition) is 2. The van der Waals surface area contributed by atoms with Gasteiger partial charge in [0.05, 0.1) is 11.8 Å². The van der Waals surface area contributed by atoms with E-state index in [1.54, 1.807) is 24.4 Å². The molecule has 2 rings (SSSR count). The van der Waals surface area contributed by atoms with Gasteiger partial charge >= 0.3 is 0 Å². The fraction of sp³-hybridized carbons (Fsp3) is 0.100. The van der Waals surface area contributed by atoms with Gasteiger partial charge in [-0.15, -0.1) is 0 Å². The van der Waals surface area contributed by atoms with E-state index >= 15 is 0 Å². The summed E-state index contributed by atoms with van der Waals surface area (Å²) in [5.74, 6) is 0. The summed E-state index contributed by atoms with van der Waals surface area (Å²) in [4.78, 5) is 2.93. The molecular weight excluding hydrogens is 226 g/mol. The molecule has 0 spiro atoms. The lowest BCUT2D eigenvalue weighted by molar-refractivity contribution is 0.607. The van der Waals surface area contributed by atoms with E-state index in [2.05, 4.69) is 9.71 Å². The van der Waals surface area contributed by atoms with Crippen molar-refractivity contribution in [3.63, 3.8) is 0 Å². The van der Waals surface area contributed by atoms with Crippen molar-refractivity contribution in [1.29, 1.82) is 5.26 Å². The number of anilines is 1. The summed E-state index contributed by atoms with van der Waals surface area (Å²) in [7, 11) is -3.29. The van der Waals surface area contributed by atoms with Crippen molar-refractivity contribution in [3.05, 3.63) is 30.0 Å². The largest absolute Gasteiger partial charge is 0.360 e. The molecule has 2 aromatic rings. The summed E-state index contributed by atoms with van der Waals surface area (Å²) in [6.45, 7) is 0. The van der Waals surface area contributed by atoms with Crippen LogP contribution < -0.4 is 4.72 Å². The van der Waals surface area contributed by atoms with Crippen LogP contribution in [0.1, 0.15) is 5.56 Å². The molecule has 0 atom stereocenters. The van der Waals surface area contributed by atoms with Gasteiger partial charge in [-0.05, 0) is 18.2 Å². The van der Waals surface area contributed by atoms with Crippen molar-refractivity contribution in [2.45, 2.75) is 0 Å². The number of benzene rings is 1. The lowest BCUT2D eigenvalue weighted by Crippen LogP contribution is -2.09. The van der Waals surface area contributed by atoms with Crippen molar-refractivity contribution in [2.75, 3.05) is 11.0 Å². The first kappa shape index (κ1) is 10.5. The topological polar surface area (TPSA) is 85.8 Å². The minimum Gasteiger partial charge on any atom is -0.360 e. The van der Waals surface area contributed by atoms with E-state index in [1.807, 2.05) is 6.07 Å².